The van der Waals surface area contributed by atoms with Gasteiger partial charge in [0.15, 0.2) is 0 Å². The maximum atomic E-state index is 12.1. The van der Waals surface area contributed by atoms with Crippen molar-refractivity contribution in [2.24, 2.45) is 11.8 Å². The largest absolute Gasteiger partial charge is 0.306 e. The Bertz CT molecular complexity index is 612. The summed E-state index contributed by atoms with van der Waals surface area (Å²) in [6.07, 6.45) is 6.54. The van der Waals surface area contributed by atoms with E-state index in [4.69, 9.17) is 0 Å². The zero-order valence-corrected chi connectivity index (χ0v) is 11.7. The van der Waals surface area contributed by atoms with E-state index in [1.807, 2.05) is 6.08 Å². The molecule has 0 spiro atoms. The van der Waals surface area contributed by atoms with E-state index in [0.29, 0.717) is 12.6 Å². The Morgan fingerprint density at radius 1 is 1.35 bits per heavy atom. The second-order valence-corrected chi connectivity index (χ2v) is 6.38. The van der Waals surface area contributed by atoms with E-state index in [1.165, 1.54) is 22.3 Å². The summed E-state index contributed by atoms with van der Waals surface area (Å²) in [6.45, 7) is 3.17. The number of hydrogen-bond donors (Lipinski definition) is 1. The number of nitroso groups, excluding NO2 is 1. The quantitative estimate of drug-likeness (QED) is 0.741. The predicted molar refractivity (Wildman–Crippen MR) is 75.0 cm³/mol. The van der Waals surface area contributed by atoms with E-state index >= 15 is 0 Å². The van der Waals surface area contributed by atoms with Crippen LogP contribution in [-0.2, 0) is 4.79 Å². The number of carbonyl (C=O) groups is 1. The predicted octanol–water partition coefficient (Wildman–Crippen LogP) is 1.88. The average Bonchev–Trinajstić information content (AvgIpc) is 2.82. The number of nitrogens with one attached hydrogen (secondary N) is 1. The van der Waals surface area contributed by atoms with Crippen LogP contribution >= 0.6 is 0 Å². The van der Waals surface area contributed by atoms with Gasteiger partial charge in [-0.3, -0.25) is 4.79 Å². The Hall–Kier alpha value is -1.55. The number of ketones is 1. The van der Waals surface area contributed by atoms with Crippen LogP contribution in [0.25, 0.3) is 0 Å². The topological polar surface area (TPSA) is 49.2 Å². The summed E-state index contributed by atoms with van der Waals surface area (Å²) in [5.74, 6) is 0.576. The van der Waals surface area contributed by atoms with E-state index in [0.717, 1.165) is 30.6 Å². The second kappa shape index (κ2) is 4.22. The van der Waals surface area contributed by atoms with Gasteiger partial charge < -0.3 is 5.32 Å². The van der Waals surface area contributed by atoms with Crippen molar-refractivity contribution in [1.29, 1.82) is 0 Å². The third-order valence-electron chi connectivity index (χ3n) is 5.23. The van der Waals surface area contributed by atoms with Crippen molar-refractivity contribution in [1.82, 2.24) is 5.32 Å². The number of rotatable bonds is 1. The van der Waals surface area contributed by atoms with Gasteiger partial charge in [-0.1, -0.05) is 5.57 Å². The highest BCUT2D eigenvalue weighted by atomic mass is 16.3. The summed E-state index contributed by atoms with van der Waals surface area (Å²) in [5, 5.41) is 3.57. The summed E-state index contributed by atoms with van der Waals surface area (Å²) in [5.41, 5.74) is 5.36. The van der Waals surface area contributed by atoms with Crippen molar-refractivity contribution in [3.63, 3.8) is 0 Å². The Labute approximate surface area is 118 Å². The second-order valence-electron chi connectivity index (χ2n) is 6.38. The first-order valence-electron chi connectivity index (χ1n) is 7.47. The maximum Gasteiger partial charge on any atom is 0.221 e. The molecule has 4 nitrogen and oxygen atoms in total. The molecular weight excluding hydrogens is 252 g/mol. The third-order valence-corrected chi connectivity index (χ3v) is 5.23. The van der Waals surface area contributed by atoms with Gasteiger partial charge in [-0.15, -0.1) is 0 Å². The molecule has 4 aliphatic rings. The van der Waals surface area contributed by atoms with Gasteiger partial charge in [0.25, 0.3) is 0 Å². The van der Waals surface area contributed by atoms with E-state index in [2.05, 4.69) is 5.32 Å². The molecule has 1 N–H and O–H groups in total. The molecule has 20 heavy (non-hydrogen) atoms. The van der Waals surface area contributed by atoms with Crippen LogP contribution in [0.1, 0.15) is 26.2 Å². The van der Waals surface area contributed by atoms with Crippen molar-refractivity contribution in [3.8, 4) is 0 Å². The first-order valence-corrected chi connectivity index (χ1v) is 7.47. The number of carbonyl (C=O) groups excluding carboxylic acids is 1. The zero-order valence-electron chi connectivity index (χ0n) is 11.7. The van der Waals surface area contributed by atoms with Gasteiger partial charge in [-0.2, -0.15) is 0 Å². The van der Waals surface area contributed by atoms with Gasteiger partial charge in [0.1, 0.15) is 5.78 Å². The highest BCUT2D eigenvalue weighted by molar-refractivity contribution is 5.84. The summed E-state index contributed by atoms with van der Waals surface area (Å²) in [7, 11) is 0. The number of hydrogen-bond acceptors (Lipinski definition) is 3. The van der Waals surface area contributed by atoms with E-state index < -0.39 is 0 Å². The Kier molecular flexibility index (Phi) is 2.58. The van der Waals surface area contributed by atoms with E-state index in [-0.39, 0.29) is 17.6 Å². The molecule has 104 valence electrons. The van der Waals surface area contributed by atoms with E-state index in [1.54, 1.807) is 13.1 Å². The molecule has 0 aromatic carbocycles. The monoisotopic (exact) mass is 271 g/mol. The molecule has 4 rings (SSSR count). The molecule has 4 heteroatoms. The van der Waals surface area contributed by atoms with Crippen LogP contribution in [0, 0.1) is 16.7 Å². The third kappa shape index (κ3) is 1.61. The molecule has 0 aromatic heterocycles. The average molecular weight is 271 g/mol. The Balaban J connectivity index is 1.90. The molecule has 0 radical (unpaired) electrons. The summed E-state index contributed by atoms with van der Waals surface area (Å²) in [4.78, 5) is 23.7. The number of Topliss-reactive ketones (excluding diaryl/α,β-unsaturated/α-hetero) is 1. The van der Waals surface area contributed by atoms with Crippen molar-refractivity contribution in [2.45, 2.75) is 32.2 Å². The van der Waals surface area contributed by atoms with Crippen LogP contribution in [0.4, 0.5) is 0 Å². The van der Waals surface area contributed by atoms with Gasteiger partial charge >= 0.3 is 0 Å². The highest BCUT2D eigenvalue weighted by Gasteiger charge is 2.44. The number of nitrogens with zero attached hydrogens (tertiary/aromatic N) is 1. The Morgan fingerprint density at radius 3 is 3.00 bits per heavy atom. The molecule has 0 amide bonds. The minimum Gasteiger partial charge on any atom is -0.306 e. The van der Waals surface area contributed by atoms with Crippen molar-refractivity contribution >= 4 is 5.78 Å². The van der Waals surface area contributed by atoms with Crippen LogP contribution < -0.4 is 5.32 Å². The fraction of sp³-hybridized carbons (Fsp3) is 0.562. The van der Waals surface area contributed by atoms with Gasteiger partial charge in [0.05, 0.1) is 5.92 Å². The van der Waals surface area contributed by atoms with Crippen LogP contribution in [0.2, 0.25) is 0 Å². The van der Waals surface area contributed by atoms with Gasteiger partial charge in [0, 0.05) is 34.2 Å². The first kappa shape index (κ1) is 12.2. The zero-order chi connectivity index (χ0) is 13.9. The molecule has 3 unspecified atom stereocenters. The minimum absolute atomic E-state index is 0.0387. The number of allylic oxidation sites excluding steroid dienone is 1. The standard InChI is InChI=1S/C16H19N2O2/c1-9(19)12-2-3-14-15-10(7-17-14)6-11-8-18(20)5-4-13(11)16(12)15/h4-5,11-12,14,17H,2-3,6-8H2,1H3/q+1. The summed E-state index contributed by atoms with van der Waals surface area (Å²) >= 11 is 0. The SMILES string of the molecule is CC(=O)C1CCC2NCC3=C2C1=C1C=C[N+](=O)CC1C3. The fourth-order valence-electron chi connectivity index (χ4n) is 4.38. The first-order chi connectivity index (χ1) is 9.65. The van der Waals surface area contributed by atoms with Gasteiger partial charge in [-0.25, -0.2) is 0 Å². The molecule has 3 atom stereocenters. The van der Waals surface area contributed by atoms with Crippen LogP contribution in [0.5, 0.6) is 0 Å². The van der Waals surface area contributed by atoms with Gasteiger partial charge in [0.2, 0.25) is 12.7 Å². The molecule has 2 aliphatic carbocycles. The molecule has 0 aromatic rings. The van der Waals surface area contributed by atoms with Crippen molar-refractivity contribution in [3.05, 3.63) is 39.5 Å². The maximum absolute atomic E-state index is 12.1. The van der Waals surface area contributed by atoms with Gasteiger partial charge in [-0.05, 0) is 42.9 Å². The lowest BCUT2D eigenvalue weighted by molar-refractivity contribution is -0.488. The summed E-state index contributed by atoms with van der Waals surface area (Å²) in [6, 6.07) is 0.433. The lowest BCUT2D eigenvalue weighted by Crippen LogP contribution is -2.36. The summed E-state index contributed by atoms with van der Waals surface area (Å²) < 4.78 is 1.02. The van der Waals surface area contributed by atoms with Crippen LogP contribution in [0.15, 0.2) is 34.6 Å². The lowest BCUT2D eigenvalue weighted by atomic mass is 9.67. The number of fused-ring (bicyclic) bond motifs is 1. The fourth-order valence-corrected chi connectivity index (χ4v) is 4.38. The molecule has 2 aliphatic heterocycles. The molecular formula is C16H19N2O2+. The lowest BCUT2D eigenvalue weighted by Gasteiger charge is -2.36. The molecule has 2 heterocycles. The van der Waals surface area contributed by atoms with Crippen molar-refractivity contribution < 1.29 is 9.55 Å². The minimum atomic E-state index is 0.0387. The highest BCUT2D eigenvalue weighted by Crippen LogP contribution is 2.48. The molecule has 0 saturated heterocycles. The normalized spacial score (nSPS) is 35.2. The van der Waals surface area contributed by atoms with Crippen LogP contribution in [-0.4, -0.2) is 29.7 Å². The van der Waals surface area contributed by atoms with E-state index in [9.17, 15) is 9.70 Å². The molecule has 1 saturated carbocycles. The Morgan fingerprint density at radius 2 is 2.20 bits per heavy atom. The molecule has 0 bridgehead atoms. The smallest absolute Gasteiger partial charge is 0.221 e. The van der Waals surface area contributed by atoms with Crippen LogP contribution in [0.3, 0.4) is 0 Å². The van der Waals surface area contributed by atoms with Crippen molar-refractivity contribution in [2.75, 3.05) is 13.1 Å². The molecule has 1 fully saturated rings.